The Morgan fingerprint density at radius 1 is 1.33 bits per heavy atom. The predicted molar refractivity (Wildman–Crippen MR) is 78.0 cm³/mol. The number of hydrogen-bond acceptors (Lipinski definition) is 3. The molecule has 106 valence electrons. The fourth-order valence-corrected chi connectivity index (χ4v) is 3.63. The molecule has 0 radical (unpaired) electrons. The van der Waals surface area contributed by atoms with E-state index in [1.165, 1.54) is 65.0 Å². The smallest absolute Gasteiger partial charge is 0.0117 e. The van der Waals surface area contributed by atoms with Crippen molar-refractivity contribution in [2.75, 3.05) is 46.3 Å². The fraction of sp³-hybridized carbons (Fsp3) is 1.00. The maximum atomic E-state index is 3.51. The predicted octanol–water partition coefficient (Wildman–Crippen LogP) is 1.79. The molecule has 18 heavy (non-hydrogen) atoms. The first kappa shape index (κ1) is 14.3. The van der Waals surface area contributed by atoms with E-state index < -0.39 is 0 Å². The van der Waals surface area contributed by atoms with Crippen molar-refractivity contribution in [2.24, 2.45) is 5.41 Å². The summed E-state index contributed by atoms with van der Waals surface area (Å²) in [5.74, 6) is 0. The summed E-state index contributed by atoms with van der Waals surface area (Å²) >= 11 is 0. The third kappa shape index (κ3) is 3.69. The summed E-state index contributed by atoms with van der Waals surface area (Å²) in [5.41, 5.74) is 0.509. The molecule has 2 fully saturated rings. The molecule has 2 rings (SSSR count). The van der Waals surface area contributed by atoms with E-state index in [1.807, 2.05) is 0 Å². The van der Waals surface area contributed by atoms with Crippen LogP contribution in [0.25, 0.3) is 0 Å². The van der Waals surface area contributed by atoms with Gasteiger partial charge in [-0.1, -0.05) is 13.8 Å². The number of likely N-dealkylation sites (tertiary alicyclic amines) is 1. The minimum atomic E-state index is 0.509. The first-order valence-corrected chi connectivity index (χ1v) is 7.76. The summed E-state index contributed by atoms with van der Waals surface area (Å²) in [6.07, 6.45) is 5.36. The molecule has 2 heterocycles. The van der Waals surface area contributed by atoms with Gasteiger partial charge in [0.1, 0.15) is 0 Å². The van der Waals surface area contributed by atoms with Crippen molar-refractivity contribution >= 4 is 0 Å². The second kappa shape index (κ2) is 6.36. The molecule has 1 unspecified atom stereocenters. The van der Waals surface area contributed by atoms with Gasteiger partial charge in [0.2, 0.25) is 0 Å². The van der Waals surface area contributed by atoms with E-state index in [1.54, 1.807) is 0 Å². The van der Waals surface area contributed by atoms with Gasteiger partial charge in [-0.2, -0.15) is 0 Å². The van der Waals surface area contributed by atoms with Gasteiger partial charge in [0, 0.05) is 19.1 Å². The van der Waals surface area contributed by atoms with Crippen LogP contribution in [0.3, 0.4) is 0 Å². The van der Waals surface area contributed by atoms with Crippen LogP contribution < -0.4 is 5.32 Å². The molecule has 1 atom stereocenters. The molecule has 0 aromatic heterocycles. The molecular formula is C15H31N3. The Kier molecular flexibility index (Phi) is 5.05. The van der Waals surface area contributed by atoms with E-state index in [0.717, 1.165) is 6.04 Å². The fourth-order valence-electron chi connectivity index (χ4n) is 3.63. The van der Waals surface area contributed by atoms with Gasteiger partial charge in [0.15, 0.2) is 0 Å². The van der Waals surface area contributed by atoms with Crippen LogP contribution in [-0.4, -0.2) is 62.2 Å². The van der Waals surface area contributed by atoms with Gasteiger partial charge >= 0.3 is 0 Å². The summed E-state index contributed by atoms with van der Waals surface area (Å²) in [6.45, 7) is 12.3. The monoisotopic (exact) mass is 253 g/mol. The van der Waals surface area contributed by atoms with E-state index in [4.69, 9.17) is 0 Å². The van der Waals surface area contributed by atoms with E-state index in [0.29, 0.717) is 5.41 Å². The molecule has 3 nitrogen and oxygen atoms in total. The molecule has 0 saturated carbocycles. The molecule has 1 N–H and O–H groups in total. The summed E-state index contributed by atoms with van der Waals surface area (Å²) < 4.78 is 0. The average molecular weight is 253 g/mol. The van der Waals surface area contributed by atoms with Crippen molar-refractivity contribution in [3.05, 3.63) is 0 Å². The van der Waals surface area contributed by atoms with Crippen LogP contribution in [0, 0.1) is 5.41 Å². The highest BCUT2D eigenvalue weighted by Crippen LogP contribution is 2.27. The van der Waals surface area contributed by atoms with Gasteiger partial charge in [-0.15, -0.1) is 0 Å². The summed E-state index contributed by atoms with van der Waals surface area (Å²) in [6, 6.07) is 0.815. The third-order valence-electron chi connectivity index (χ3n) is 4.81. The van der Waals surface area contributed by atoms with Crippen molar-refractivity contribution in [1.82, 2.24) is 15.1 Å². The highest BCUT2D eigenvalue weighted by atomic mass is 15.2. The Morgan fingerprint density at radius 3 is 2.61 bits per heavy atom. The molecule has 3 heteroatoms. The van der Waals surface area contributed by atoms with Gasteiger partial charge < -0.3 is 15.1 Å². The molecular weight excluding hydrogens is 222 g/mol. The van der Waals surface area contributed by atoms with Crippen LogP contribution >= 0.6 is 0 Å². The standard InChI is InChI=1S/C15H31N3/c1-4-9-18-10-5-14(6-11-18)17(3)13-15(2)7-8-16-12-15/h14,16H,4-13H2,1-3H3. The molecule has 0 spiro atoms. The van der Waals surface area contributed by atoms with E-state index in [-0.39, 0.29) is 0 Å². The van der Waals surface area contributed by atoms with Crippen LogP contribution in [0.15, 0.2) is 0 Å². The molecule has 0 aliphatic carbocycles. The lowest BCUT2D eigenvalue weighted by molar-refractivity contribution is 0.0971. The number of nitrogens with zero attached hydrogens (tertiary/aromatic N) is 2. The van der Waals surface area contributed by atoms with Crippen LogP contribution in [0.1, 0.15) is 39.5 Å². The Labute approximate surface area is 113 Å². The molecule has 2 aliphatic rings. The van der Waals surface area contributed by atoms with Crippen molar-refractivity contribution in [2.45, 2.75) is 45.6 Å². The maximum Gasteiger partial charge on any atom is 0.0117 e. The average Bonchev–Trinajstić information content (AvgIpc) is 2.77. The molecule has 0 amide bonds. The number of hydrogen-bond donors (Lipinski definition) is 1. The van der Waals surface area contributed by atoms with Crippen molar-refractivity contribution in [3.8, 4) is 0 Å². The van der Waals surface area contributed by atoms with Gasteiger partial charge in [0.05, 0.1) is 0 Å². The summed E-state index contributed by atoms with van der Waals surface area (Å²) in [7, 11) is 2.34. The molecule has 0 aromatic carbocycles. The zero-order chi connectivity index (χ0) is 13.0. The Morgan fingerprint density at radius 2 is 2.06 bits per heavy atom. The Balaban J connectivity index is 1.75. The minimum absolute atomic E-state index is 0.509. The Hall–Kier alpha value is -0.120. The number of piperidine rings is 1. The van der Waals surface area contributed by atoms with Crippen LogP contribution in [0.2, 0.25) is 0 Å². The lowest BCUT2D eigenvalue weighted by Gasteiger charge is -2.39. The lowest BCUT2D eigenvalue weighted by atomic mass is 9.88. The van der Waals surface area contributed by atoms with Crippen LogP contribution in [-0.2, 0) is 0 Å². The van der Waals surface area contributed by atoms with Crippen molar-refractivity contribution in [1.29, 1.82) is 0 Å². The van der Waals surface area contributed by atoms with Gasteiger partial charge in [-0.25, -0.2) is 0 Å². The molecule has 0 bridgehead atoms. The third-order valence-corrected chi connectivity index (χ3v) is 4.81. The molecule has 2 saturated heterocycles. The second-order valence-electron chi connectivity index (χ2n) is 6.73. The minimum Gasteiger partial charge on any atom is -0.316 e. The van der Waals surface area contributed by atoms with E-state index >= 15 is 0 Å². The quantitative estimate of drug-likeness (QED) is 0.806. The highest BCUT2D eigenvalue weighted by molar-refractivity contribution is 4.88. The first-order chi connectivity index (χ1) is 8.63. The molecule has 0 aromatic rings. The molecule has 2 aliphatic heterocycles. The highest BCUT2D eigenvalue weighted by Gasteiger charge is 2.32. The first-order valence-electron chi connectivity index (χ1n) is 7.76. The van der Waals surface area contributed by atoms with Gasteiger partial charge in [-0.05, 0) is 64.3 Å². The largest absolute Gasteiger partial charge is 0.316 e. The van der Waals surface area contributed by atoms with Crippen LogP contribution in [0.4, 0.5) is 0 Å². The number of rotatable bonds is 5. The van der Waals surface area contributed by atoms with Crippen LogP contribution in [0.5, 0.6) is 0 Å². The van der Waals surface area contributed by atoms with Crippen molar-refractivity contribution in [3.63, 3.8) is 0 Å². The number of nitrogens with one attached hydrogen (secondary N) is 1. The normalized spacial score (nSPS) is 31.3. The van der Waals surface area contributed by atoms with E-state index in [9.17, 15) is 0 Å². The van der Waals surface area contributed by atoms with Crippen molar-refractivity contribution < 1.29 is 0 Å². The second-order valence-corrected chi connectivity index (χ2v) is 6.73. The maximum absolute atomic E-state index is 3.51. The topological polar surface area (TPSA) is 18.5 Å². The zero-order valence-electron chi connectivity index (χ0n) is 12.5. The Bertz CT molecular complexity index is 240. The summed E-state index contributed by atoms with van der Waals surface area (Å²) in [5, 5.41) is 3.51. The van der Waals surface area contributed by atoms with Gasteiger partial charge in [0.25, 0.3) is 0 Å². The summed E-state index contributed by atoms with van der Waals surface area (Å²) in [4.78, 5) is 5.26. The van der Waals surface area contributed by atoms with Gasteiger partial charge in [-0.3, -0.25) is 0 Å². The SMILES string of the molecule is CCCN1CCC(N(C)CC2(C)CCNC2)CC1. The zero-order valence-corrected chi connectivity index (χ0v) is 12.5. The lowest BCUT2D eigenvalue weighted by Crippen LogP contribution is -2.47. The van der Waals surface area contributed by atoms with E-state index in [2.05, 4.69) is 36.0 Å².